The van der Waals surface area contributed by atoms with Crippen molar-refractivity contribution in [2.45, 2.75) is 11.4 Å². The summed E-state index contributed by atoms with van der Waals surface area (Å²) in [7, 11) is -3.85. The zero-order valence-corrected chi connectivity index (χ0v) is 14.2. The van der Waals surface area contributed by atoms with Gasteiger partial charge in [0, 0.05) is 17.6 Å². The van der Waals surface area contributed by atoms with Gasteiger partial charge in [0.25, 0.3) is 5.56 Å². The summed E-state index contributed by atoms with van der Waals surface area (Å²) in [5.74, 6) is 0. The highest BCUT2D eigenvalue weighted by Crippen LogP contribution is 2.15. The second-order valence-corrected chi connectivity index (χ2v) is 7.59. The first-order valence-corrected chi connectivity index (χ1v) is 9.23. The van der Waals surface area contributed by atoms with Crippen molar-refractivity contribution in [1.82, 2.24) is 19.7 Å². The van der Waals surface area contributed by atoms with Crippen molar-refractivity contribution in [1.29, 1.82) is 0 Å². The van der Waals surface area contributed by atoms with E-state index in [-0.39, 0.29) is 17.0 Å². The molecule has 8 nitrogen and oxygen atoms in total. The van der Waals surface area contributed by atoms with Crippen molar-refractivity contribution in [3.8, 4) is 0 Å². The number of pyridine rings is 1. The van der Waals surface area contributed by atoms with Crippen LogP contribution in [0.5, 0.6) is 0 Å². The molecule has 4 rings (SSSR count). The van der Waals surface area contributed by atoms with E-state index in [4.69, 9.17) is 0 Å². The molecule has 26 heavy (non-hydrogen) atoms. The van der Waals surface area contributed by atoms with Gasteiger partial charge in [0.05, 0.1) is 15.9 Å². The van der Waals surface area contributed by atoms with Gasteiger partial charge in [0.2, 0.25) is 10.0 Å². The zero-order chi connectivity index (χ0) is 18.3. The second-order valence-electron chi connectivity index (χ2n) is 5.82. The van der Waals surface area contributed by atoms with Crippen LogP contribution in [0.1, 0.15) is 5.56 Å². The van der Waals surface area contributed by atoms with Gasteiger partial charge in [-0.05, 0) is 35.7 Å². The van der Waals surface area contributed by atoms with E-state index in [0.717, 1.165) is 5.39 Å². The van der Waals surface area contributed by atoms with E-state index in [0.29, 0.717) is 22.1 Å². The molecule has 2 aromatic carbocycles. The summed E-state index contributed by atoms with van der Waals surface area (Å²) < 4.78 is 27.4. The van der Waals surface area contributed by atoms with E-state index in [1.54, 1.807) is 12.1 Å². The molecule has 0 atom stereocenters. The van der Waals surface area contributed by atoms with Crippen LogP contribution in [0, 0.1) is 0 Å². The van der Waals surface area contributed by atoms with Crippen LogP contribution in [0.2, 0.25) is 0 Å². The summed E-state index contributed by atoms with van der Waals surface area (Å²) in [4.78, 5) is 31.2. The van der Waals surface area contributed by atoms with Gasteiger partial charge in [-0.25, -0.2) is 17.9 Å². The number of sulfonamides is 1. The van der Waals surface area contributed by atoms with Gasteiger partial charge in [-0.2, -0.15) is 0 Å². The fraction of sp³-hybridized carbons (Fsp3) is 0.0588. The minimum Gasteiger partial charge on any atom is -0.322 e. The first-order chi connectivity index (χ1) is 12.4. The van der Waals surface area contributed by atoms with Crippen molar-refractivity contribution >= 4 is 32.0 Å². The van der Waals surface area contributed by atoms with Crippen LogP contribution in [-0.2, 0) is 16.6 Å². The number of H-pyrrole nitrogens is 3. The monoisotopic (exact) mass is 370 g/mol. The molecule has 0 amide bonds. The summed E-state index contributed by atoms with van der Waals surface area (Å²) in [6.45, 7) is -0.149. The molecule has 0 fully saturated rings. The SMILES string of the molecule is O=c1[nH]c2ccc(S(=O)(=O)NCc3cc4ccccc4[nH]c3=O)cc2[nH]1. The number of aromatic amines is 3. The maximum atomic E-state index is 12.5. The van der Waals surface area contributed by atoms with Gasteiger partial charge in [-0.1, -0.05) is 18.2 Å². The van der Waals surface area contributed by atoms with Crippen LogP contribution in [0.4, 0.5) is 0 Å². The predicted octanol–water partition coefficient (Wildman–Crippen LogP) is 1.18. The molecule has 2 aromatic heterocycles. The number of fused-ring (bicyclic) bond motifs is 2. The van der Waals surface area contributed by atoms with E-state index < -0.39 is 15.7 Å². The van der Waals surface area contributed by atoms with E-state index in [2.05, 4.69) is 19.7 Å². The number of para-hydroxylation sites is 1. The van der Waals surface area contributed by atoms with Gasteiger partial charge in [-0.15, -0.1) is 0 Å². The quantitative estimate of drug-likeness (QED) is 0.430. The van der Waals surface area contributed by atoms with Crippen molar-refractivity contribution in [2.75, 3.05) is 0 Å². The van der Waals surface area contributed by atoms with Crippen LogP contribution >= 0.6 is 0 Å². The van der Waals surface area contributed by atoms with Gasteiger partial charge in [0.1, 0.15) is 0 Å². The molecule has 0 spiro atoms. The first kappa shape index (κ1) is 16.3. The molecule has 0 aliphatic heterocycles. The summed E-state index contributed by atoms with van der Waals surface area (Å²) in [5, 5.41) is 0.813. The Morgan fingerprint density at radius 2 is 1.62 bits per heavy atom. The molecule has 4 N–H and O–H groups in total. The molecule has 0 saturated heterocycles. The number of nitrogens with one attached hydrogen (secondary N) is 4. The van der Waals surface area contributed by atoms with E-state index in [1.807, 2.05) is 18.2 Å². The van der Waals surface area contributed by atoms with Gasteiger partial charge in [-0.3, -0.25) is 4.79 Å². The molecule has 9 heteroatoms. The number of imidazole rings is 1. The third kappa shape index (κ3) is 2.93. The lowest BCUT2D eigenvalue weighted by atomic mass is 10.1. The number of aromatic nitrogens is 3. The smallest absolute Gasteiger partial charge is 0.322 e. The Morgan fingerprint density at radius 1 is 0.846 bits per heavy atom. The lowest BCUT2D eigenvalue weighted by Gasteiger charge is -2.07. The minimum absolute atomic E-state index is 0.00234. The molecule has 0 unspecified atom stereocenters. The average Bonchev–Trinajstić information content (AvgIpc) is 2.99. The van der Waals surface area contributed by atoms with Gasteiger partial charge in [0.15, 0.2) is 0 Å². The van der Waals surface area contributed by atoms with Crippen molar-refractivity contribution < 1.29 is 8.42 Å². The maximum Gasteiger partial charge on any atom is 0.323 e. The third-order valence-electron chi connectivity index (χ3n) is 4.08. The fourth-order valence-electron chi connectivity index (χ4n) is 2.76. The molecule has 0 aliphatic rings. The topological polar surface area (TPSA) is 128 Å². The van der Waals surface area contributed by atoms with E-state index in [1.165, 1.54) is 18.2 Å². The van der Waals surface area contributed by atoms with Crippen LogP contribution in [0.3, 0.4) is 0 Å². The Bertz CT molecular complexity index is 1350. The third-order valence-corrected chi connectivity index (χ3v) is 5.48. The van der Waals surface area contributed by atoms with E-state index in [9.17, 15) is 18.0 Å². The fourth-order valence-corrected chi connectivity index (χ4v) is 3.79. The standard InChI is InChI=1S/C17H14N4O4S/c22-16-11(7-10-3-1-2-4-13(10)19-16)9-18-26(24,25)12-5-6-14-15(8-12)21-17(23)20-14/h1-8,18H,9H2,(H,19,22)(H2,20,21,23). The maximum absolute atomic E-state index is 12.5. The summed E-state index contributed by atoms with van der Waals surface area (Å²) in [5.41, 5.74) is 1.14. The lowest BCUT2D eigenvalue weighted by Crippen LogP contribution is -2.27. The second kappa shape index (κ2) is 5.97. The Morgan fingerprint density at radius 3 is 2.46 bits per heavy atom. The molecule has 0 saturated carbocycles. The first-order valence-electron chi connectivity index (χ1n) is 7.75. The highest BCUT2D eigenvalue weighted by molar-refractivity contribution is 7.89. The molecular formula is C17H14N4O4S. The average molecular weight is 370 g/mol. The number of rotatable bonds is 4. The largest absolute Gasteiger partial charge is 0.323 e. The van der Waals surface area contributed by atoms with Gasteiger partial charge < -0.3 is 15.0 Å². The summed E-state index contributed by atoms with van der Waals surface area (Å²) in [6, 6.07) is 13.2. The Balaban J connectivity index is 1.64. The molecule has 2 heterocycles. The van der Waals surface area contributed by atoms with E-state index >= 15 is 0 Å². The predicted molar refractivity (Wildman–Crippen MR) is 97.5 cm³/mol. The van der Waals surface area contributed by atoms with Gasteiger partial charge >= 0.3 is 5.69 Å². The molecule has 4 aromatic rings. The normalized spacial score (nSPS) is 12.0. The molecule has 0 bridgehead atoms. The zero-order valence-electron chi connectivity index (χ0n) is 13.4. The lowest BCUT2D eigenvalue weighted by molar-refractivity contribution is 0.581. The molecule has 0 aliphatic carbocycles. The number of hydrogen-bond donors (Lipinski definition) is 4. The molecule has 0 radical (unpaired) electrons. The summed E-state index contributed by atoms with van der Waals surface area (Å²) in [6.07, 6.45) is 0. The summed E-state index contributed by atoms with van der Waals surface area (Å²) >= 11 is 0. The van der Waals surface area contributed by atoms with Crippen LogP contribution < -0.4 is 16.0 Å². The Kier molecular flexibility index (Phi) is 3.74. The van der Waals surface area contributed by atoms with Crippen LogP contribution in [-0.4, -0.2) is 23.4 Å². The van der Waals surface area contributed by atoms with Crippen molar-refractivity contribution in [3.05, 3.63) is 74.9 Å². The highest BCUT2D eigenvalue weighted by atomic mass is 32.2. The minimum atomic E-state index is -3.85. The van der Waals surface area contributed by atoms with Crippen molar-refractivity contribution in [2.24, 2.45) is 0 Å². The highest BCUT2D eigenvalue weighted by Gasteiger charge is 2.16. The van der Waals surface area contributed by atoms with Crippen molar-refractivity contribution in [3.63, 3.8) is 0 Å². The molecular weight excluding hydrogens is 356 g/mol. The Labute approximate surface area is 146 Å². The molecule has 132 valence electrons. The number of benzene rings is 2. The van der Waals surface area contributed by atoms with Crippen LogP contribution in [0.25, 0.3) is 21.9 Å². The Hall–Kier alpha value is -3.17. The number of hydrogen-bond acceptors (Lipinski definition) is 4. The van der Waals surface area contributed by atoms with Crippen LogP contribution in [0.15, 0.2) is 63.0 Å².